The average molecular weight is 267 g/mol. The molecule has 1 aliphatic carbocycles. The Morgan fingerprint density at radius 3 is 2.11 bits per heavy atom. The molecule has 19 heavy (non-hydrogen) atoms. The van der Waals surface area contributed by atoms with E-state index >= 15 is 0 Å². The first-order valence-electron chi connectivity index (χ1n) is 8.33. The van der Waals surface area contributed by atoms with Crippen LogP contribution in [0.3, 0.4) is 0 Å². The van der Waals surface area contributed by atoms with Gasteiger partial charge in [-0.25, -0.2) is 0 Å². The van der Waals surface area contributed by atoms with E-state index in [1.807, 2.05) is 0 Å². The Kier molecular flexibility index (Phi) is 5.67. The molecular formula is C16H33N3. The van der Waals surface area contributed by atoms with Crippen molar-refractivity contribution in [2.45, 2.75) is 65.1 Å². The van der Waals surface area contributed by atoms with Crippen LogP contribution < -0.4 is 5.32 Å². The third-order valence-electron chi connectivity index (χ3n) is 5.27. The van der Waals surface area contributed by atoms with E-state index in [0.717, 1.165) is 18.0 Å². The number of piperazine rings is 1. The Balaban J connectivity index is 1.69. The normalized spacial score (nSPS) is 27.2. The molecule has 3 nitrogen and oxygen atoms in total. The zero-order chi connectivity index (χ0) is 13.8. The van der Waals surface area contributed by atoms with Gasteiger partial charge in [-0.1, -0.05) is 13.8 Å². The largest absolute Gasteiger partial charge is 0.314 e. The summed E-state index contributed by atoms with van der Waals surface area (Å²) in [5.74, 6) is 0.760. The molecule has 0 bridgehead atoms. The van der Waals surface area contributed by atoms with Crippen molar-refractivity contribution in [1.82, 2.24) is 15.1 Å². The van der Waals surface area contributed by atoms with Crippen molar-refractivity contribution in [2.75, 3.05) is 32.7 Å². The van der Waals surface area contributed by atoms with Gasteiger partial charge in [0.2, 0.25) is 0 Å². The molecule has 3 heteroatoms. The van der Waals surface area contributed by atoms with Crippen molar-refractivity contribution in [3.63, 3.8) is 0 Å². The lowest BCUT2D eigenvalue weighted by atomic mass is 10.0. The average Bonchev–Trinajstić information content (AvgIpc) is 3.27. The van der Waals surface area contributed by atoms with Crippen LogP contribution in [0.2, 0.25) is 0 Å². The molecule has 0 amide bonds. The number of rotatable bonds is 7. The summed E-state index contributed by atoms with van der Waals surface area (Å²) in [6, 6.07) is 2.31. The maximum Gasteiger partial charge on any atom is 0.0113 e. The Morgan fingerprint density at radius 2 is 1.58 bits per heavy atom. The minimum Gasteiger partial charge on any atom is -0.314 e. The number of nitrogens with one attached hydrogen (secondary N) is 1. The summed E-state index contributed by atoms with van der Waals surface area (Å²) in [5, 5.41) is 3.68. The summed E-state index contributed by atoms with van der Waals surface area (Å²) >= 11 is 0. The molecule has 0 aromatic carbocycles. The molecule has 1 aliphatic heterocycles. The molecule has 1 N–H and O–H groups in total. The predicted octanol–water partition coefficient (Wildman–Crippen LogP) is 2.18. The molecule has 1 saturated heterocycles. The van der Waals surface area contributed by atoms with Gasteiger partial charge in [0.25, 0.3) is 0 Å². The quantitative estimate of drug-likeness (QED) is 0.763. The zero-order valence-electron chi connectivity index (χ0n) is 13.4. The summed E-state index contributed by atoms with van der Waals surface area (Å²) in [4.78, 5) is 5.34. The Hall–Kier alpha value is -0.120. The summed E-state index contributed by atoms with van der Waals surface area (Å²) in [6.07, 6.45) is 4.07. The van der Waals surface area contributed by atoms with E-state index in [0.29, 0.717) is 6.04 Å². The maximum atomic E-state index is 3.68. The van der Waals surface area contributed by atoms with Crippen LogP contribution in [0.5, 0.6) is 0 Å². The number of hydrogen-bond donors (Lipinski definition) is 1. The SMILES string of the molecule is CCC(C)N1CCN(C(C)C(C)CNC2CC2)CC1. The Bertz CT molecular complexity index is 257. The lowest BCUT2D eigenvalue weighted by molar-refractivity contribution is 0.0606. The number of nitrogens with zero attached hydrogens (tertiary/aromatic N) is 2. The molecular weight excluding hydrogens is 234 g/mol. The van der Waals surface area contributed by atoms with Crippen LogP contribution in [-0.2, 0) is 0 Å². The third-order valence-corrected chi connectivity index (χ3v) is 5.27. The summed E-state index contributed by atoms with van der Waals surface area (Å²) < 4.78 is 0. The van der Waals surface area contributed by atoms with Crippen molar-refractivity contribution < 1.29 is 0 Å². The van der Waals surface area contributed by atoms with E-state index in [9.17, 15) is 0 Å². The zero-order valence-corrected chi connectivity index (χ0v) is 13.4. The lowest BCUT2D eigenvalue weighted by Gasteiger charge is -2.42. The molecule has 2 aliphatic rings. The van der Waals surface area contributed by atoms with Crippen LogP contribution in [0.25, 0.3) is 0 Å². The molecule has 1 saturated carbocycles. The van der Waals surface area contributed by atoms with Gasteiger partial charge >= 0.3 is 0 Å². The van der Waals surface area contributed by atoms with Gasteiger partial charge in [0.05, 0.1) is 0 Å². The topological polar surface area (TPSA) is 18.5 Å². The highest BCUT2D eigenvalue weighted by Crippen LogP contribution is 2.20. The maximum absolute atomic E-state index is 3.68. The van der Waals surface area contributed by atoms with Gasteiger partial charge in [-0.15, -0.1) is 0 Å². The molecule has 3 atom stereocenters. The van der Waals surface area contributed by atoms with E-state index in [1.54, 1.807) is 0 Å². The fraction of sp³-hybridized carbons (Fsp3) is 1.00. The van der Waals surface area contributed by atoms with Crippen molar-refractivity contribution in [3.8, 4) is 0 Å². The second-order valence-corrected chi connectivity index (χ2v) is 6.73. The van der Waals surface area contributed by atoms with Crippen molar-refractivity contribution in [3.05, 3.63) is 0 Å². The highest BCUT2D eigenvalue weighted by atomic mass is 15.3. The van der Waals surface area contributed by atoms with Crippen molar-refractivity contribution in [2.24, 2.45) is 5.92 Å². The van der Waals surface area contributed by atoms with Crippen LogP contribution in [0, 0.1) is 5.92 Å². The highest BCUT2D eigenvalue weighted by molar-refractivity contribution is 4.85. The fourth-order valence-electron chi connectivity index (χ4n) is 3.01. The van der Waals surface area contributed by atoms with Crippen LogP contribution in [0.1, 0.15) is 47.0 Å². The first-order chi connectivity index (χ1) is 9.11. The predicted molar refractivity (Wildman–Crippen MR) is 82.5 cm³/mol. The highest BCUT2D eigenvalue weighted by Gasteiger charge is 2.27. The molecule has 2 fully saturated rings. The molecule has 1 heterocycles. The molecule has 0 spiro atoms. The first-order valence-corrected chi connectivity index (χ1v) is 8.33. The van der Waals surface area contributed by atoms with E-state index in [-0.39, 0.29) is 0 Å². The fourth-order valence-corrected chi connectivity index (χ4v) is 3.01. The second-order valence-electron chi connectivity index (χ2n) is 6.73. The Morgan fingerprint density at radius 1 is 1.00 bits per heavy atom. The van der Waals surface area contributed by atoms with Gasteiger partial charge in [0.1, 0.15) is 0 Å². The lowest BCUT2D eigenvalue weighted by Crippen LogP contribution is -2.53. The first kappa shape index (κ1) is 15.3. The smallest absolute Gasteiger partial charge is 0.0113 e. The molecule has 0 radical (unpaired) electrons. The van der Waals surface area contributed by atoms with Crippen LogP contribution in [0.15, 0.2) is 0 Å². The van der Waals surface area contributed by atoms with Crippen LogP contribution in [0.4, 0.5) is 0 Å². The van der Waals surface area contributed by atoms with Crippen LogP contribution >= 0.6 is 0 Å². The van der Waals surface area contributed by atoms with Gasteiger partial charge in [-0.2, -0.15) is 0 Å². The molecule has 3 unspecified atom stereocenters. The number of hydrogen-bond acceptors (Lipinski definition) is 3. The third kappa shape index (κ3) is 4.44. The van der Waals surface area contributed by atoms with Gasteiger partial charge in [-0.3, -0.25) is 9.80 Å². The molecule has 0 aromatic rings. The van der Waals surface area contributed by atoms with E-state index in [1.165, 1.54) is 52.0 Å². The van der Waals surface area contributed by atoms with Crippen LogP contribution in [-0.4, -0.2) is 60.6 Å². The van der Waals surface area contributed by atoms with Gasteiger partial charge < -0.3 is 5.32 Å². The van der Waals surface area contributed by atoms with Gasteiger partial charge in [-0.05, 0) is 45.6 Å². The van der Waals surface area contributed by atoms with E-state index in [4.69, 9.17) is 0 Å². The molecule has 112 valence electrons. The monoisotopic (exact) mass is 267 g/mol. The van der Waals surface area contributed by atoms with Gasteiger partial charge in [0, 0.05) is 44.3 Å². The van der Waals surface area contributed by atoms with Crippen molar-refractivity contribution >= 4 is 0 Å². The summed E-state index contributed by atoms with van der Waals surface area (Å²) in [6.45, 7) is 15.7. The molecule has 2 rings (SSSR count). The summed E-state index contributed by atoms with van der Waals surface area (Å²) in [5.41, 5.74) is 0. The second kappa shape index (κ2) is 7.05. The standard InChI is InChI=1S/C16H33N3/c1-5-14(3)18-8-10-19(11-9-18)15(4)13(2)12-17-16-6-7-16/h13-17H,5-12H2,1-4H3. The van der Waals surface area contributed by atoms with Crippen molar-refractivity contribution in [1.29, 1.82) is 0 Å². The minimum atomic E-state index is 0.713. The Labute approximate surface area is 119 Å². The summed E-state index contributed by atoms with van der Waals surface area (Å²) in [7, 11) is 0. The molecule has 0 aromatic heterocycles. The van der Waals surface area contributed by atoms with Gasteiger partial charge in [0.15, 0.2) is 0 Å². The van der Waals surface area contributed by atoms with E-state index in [2.05, 4.69) is 42.8 Å². The van der Waals surface area contributed by atoms with E-state index < -0.39 is 0 Å². The minimum absolute atomic E-state index is 0.713.